The van der Waals surface area contributed by atoms with Crippen molar-refractivity contribution in [2.75, 3.05) is 43.9 Å². The van der Waals surface area contributed by atoms with Gasteiger partial charge in [0.2, 0.25) is 0 Å². The zero-order valence-electron chi connectivity index (χ0n) is 17.7. The number of likely N-dealkylation sites (N-methyl/N-ethyl adjacent to an activating group) is 1. The Kier molecular flexibility index (Phi) is 5.16. The van der Waals surface area contributed by atoms with E-state index in [0.717, 1.165) is 64.2 Å². The van der Waals surface area contributed by atoms with Crippen molar-refractivity contribution < 1.29 is 0 Å². The summed E-state index contributed by atoms with van der Waals surface area (Å²) >= 11 is 3.55. The number of aryl methyl sites for hydroxylation is 1. The average Bonchev–Trinajstić information content (AvgIpc) is 3.18. The molecule has 0 amide bonds. The molecule has 2 aromatic heterocycles. The minimum atomic E-state index is 0.599. The van der Waals surface area contributed by atoms with E-state index in [2.05, 4.69) is 68.2 Å². The molecule has 0 saturated carbocycles. The van der Waals surface area contributed by atoms with Crippen molar-refractivity contribution in [3.63, 3.8) is 0 Å². The van der Waals surface area contributed by atoms with Crippen LogP contribution >= 0.6 is 15.9 Å². The Morgan fingerprint density at radius 3 is 2.48 bits per heavy atom. The number of fused-ring (bicyclic) bond motifs is 1. The van der Waals surface area contributed by atoms with E-state index in [0.29, 0.717) is 5.82 Å². The van der Waals surface area contributed by atoms with Crippen LogP contribution in [0.15, 0.2) is 59.2 Å². The molecule has 0 spiro atoms. The van der Waals surface area contributed by atoms with Crippen LogP contribution in [0.1, 0.15) is 5.69 Å². The number of aromatic nitrogens is 3. The first kappa shape index (κ1) is 20.0. The topological polar surface area (TPSA) is 62.7 Å². The fourth-order valence-corrected chi connectivity index (χ4v) is 4.67. The SMILES string of the molecule is Cc1nc2c(-c3cccc(N4CCN(C)CC4)c3)cnn2c(N)c1-c1cccc(Br)c1. The first-order valence-electron chi connectivity index (χ1n) is 10.4. The molecule has 3 heterocycles. The van der Waals surface area contributed by atoms with Crippen LogP contribution in [-0.2, 0) is 0 Å². The van der Waals surface area contributed by atoms with Crippen molar-refractivity contribution in [2.24, 2.45) is 0 Å². The molecule has 1 aliphatic heterocycles. The first-order valence-corrected chi connectivity index (χ1v) is 11.2. The molecule has 4 aromatic rings. The maximum absolute atomic E-state index is 6.59. The summed E-state index contributed by atoms with van der Waals surface area (Å²) < 4.78 is 2.76. The summed E-state index contributed by atoms with van der Waals surface area (Å²) in [6, 6.07) is 16.7. The third-order valence-corrected chi connectivity index (χ3v) is 6.50. The van der Waals surface area contributed by atoms with Crippen LogP contribution in [-0.4, -0.2) is 52.7 Å². The fraction of sp³-hybridized carbons (Fsp3) is 0.250. The maximum Gasteiger partial charge on any atom is 0.165 e. The van der Waals surface area contributed by atoms with Gasteiger partial charge in [-0.3, -0.25) is 0 Å². The minimum absolute atomic E-state index is 0.599. The van der Waals surface area contributed by atoms with Gasteiger partial charge in [0.25, 0.3) is 0 Å². The van der Waals surface area contributed by atoms with Crippen LogP contribution in [0, 0.1) is 6.92 Å². The number of benzene rings is 2. The van der Waals surface area contributed by atoms with Gasteiger partial charge >= 0.3 is 0 Å². The van der Waals surface area contributed by atoms with Gasteiger partial charge in [-0.15, -0.1) is 0 Å². The second-order valence-corrected chi connectivity index (χ2v) is 9.02. The lowest BCUT2D eigenvalue weighted by Crippen LogP contribution is -2.44. The molecule has 2 aromatic carbocycles. The average molecular weight is 477 g/mol. The molecule has 6 nitrogen and oxygen atoms in total. The van der Waals surface area contributed by atoms with Crippen molar-refractivity contribution in [1.82, 2.24) is 19.5 Å². The highest BCUT2D eigenvalue weighted by Crippen LogP contribution is 2.34. The number of hydrogen-bond acceptors (Lipinski definition) is 5. The van der Waals surface area contributed by atoms with Gasteiger partial charge in [0.15, 0.2) is 5.65 Å². The third kappa shape index (κ3) is 3.68. The minimum Gasteiger partial charge on any atom is -0.383 e. The lowest BCUT2D eigenvalue weighted by molar-refractivity contribution is 0.313. The maximum atomic E-state index is 6.59. The highest BCUT2D eigenvalue weighted by Gasteiger charge is 2.19. The highest BCUT2D eigenvalue weighted by atomic mass is 79.9. The molecule has 1 saturated heterocycles. The van der Waals surface area contributed by atoms with Crippen LogP contribution in [0.4, 0.5) is 11.5 Å². The van der Waals surface area contributed by atoms with Gasteiger partial charge in [-0.2, -0.15) is 9.61 Å². The lowest BCUT2D eigenvalue weighted by Gasteiger charge is -2.34. The zero-order chi connectivity index (χ0) is 21.5. The number of halogens is 1. The molecular weight excluding hydrogens is 452 g/mol. The van der Waals surface area contributed by atoms with E-state index >= 15 is 0 Å². The molecular formula is C24H25BrN6. The van der Waals surface area contributed by atoms with Gasteiger partial charge < -0.3 is 15.5 Å². The fourth-order valence-electron chi connectivity index (χ4n) is 4.27. The van der Waals surface area contributed by atoms with Crippen molar-refractivity contribution >= 4 is 33.1 Å². The summed E-state index contributed by atoms with van der Waals surface area (Å²) in [6.45, 7) is 6.24. The molecule has 5 rings (SSSR count). The van der Waals surface area contributed by atoms with E-state index in [1.165, 1.54) is 5.69 Å². The lowest BCUT2D eigenvalue weighted by atomic mass is 10.0. The number of nitrogens with two attached hydrogens (primary N) is 1. The quantitative estimate of drug-likeness (QED) is 0.472. The van der Waals surface area contributed by atoms with E-state index in [1.807, 2.05) is 31.3 Å². The summed E-state index contributed by atoms with van der Waals surface area (Å²) in [7, 11) is 2.17. The summed E-state index contributed by atoms with van der Waals surface area (Å²) in [5.41, 5.74) is 13.5. The molecule has 0 bridgehead atoms. The molecule has 0 radical (unpaired) electrons. The number of hydrogen-bond donors (Lipinski definition) is 1. The van der Waals surface area contributed by atoms with E-state index in [9.17, 15) is 0 Å². The highest BCUT2D eigenvalue weighted by molar-refractivity contribution is 9.10. The number of nitrogen functional groups attached to an aromatic ring is 1. The van der Waals surface area contributed by atoms with Gasteiger partial charge in [-0.1, -0.05) is 40.2 Å². The molecule has 158 valence electrons. The Morgan fingerprint density at radius 1 is 0.968 bits per heavy atom. The summed E-state index contributed by atoms with van der Waals surface area (Å²) in [6.07, 6.45) is 1.87. The smallest absolute Gasteiger partial charge is 0.165 e. The number of anilines is 2. The van der Waals surface area contributed by atoms with Gasteiger partial charge in [0.1, 0.15) is 5.82 Å². The van der Waals surface area contributed by atoms with Gasteiger partial charge in [0, 0.05) is 47.5 Å². The Labute approximate surface area is 190 Å². The van der Waals surface area contributed by atoms with E-state index in [1.54, 1.807) is 4.52 Å². The van der Waals surface area contributed by atoms with E-state index < -0.39 is 0 Å². The van der Waals surface area contributed by atoms with Crippen molar-refractivity contribution in [3.8, 4) is 22.3 Å². The van der Waals surface area contributed by atoms with Crippen molar-refractivity contribution in [2.45, 2.75) is 6.92 Å². The van der Waals surface area contributed by atoms with Gasteiger partial charge in [-0.05, 0) is 49.4 Å². The molecule has 1 fully saturated rings. The Bertz CT molecular complexity index is 1260. The van der Waals surface area contributed by atoms with Crippen molar-refractivity contribution in [1.29, 1.82) is 0 Å². The summed E-state index contributed by atoms with van der Waals surface area (Å²) in [5.74, 6) is 0.599. The van der Waals surface area contributed by atoms with Crippen LogP contribution in [0.5, 0.6) is 0 Å². The standard InChI is InChI=1S/C24H25BrN6/c1-16-22(18-6-3-7-19(25)13-18)23(26)31-24(28-16)21(15-27-31)17-5-4-8-20(14-17)30-11-9-29(2)10-12-30/h3-8,13-15H,9-12,26H2,1-2H3. The second kappa shape index (κ2) is 7.98. The predicted octanol–water partition coefficient (Wildman–Crippen LogP) is 4.47. The molecule has 0 aliphatic carbocycles. The van der Waals surface area contributed by atoms with Gasteiger partial charge in [-0.25, -0.2) is 4.98 Å². The Hall–Kier alpha value is -2.90. The number of nitrogens with zero attached hydrogens (tertiary/aromatic N) is 5. The monoisotopic (exact) mass is 476 g/mol. The van der Waals surface area contributed by atoms with Crippen LogP contribution in [0.3, 0.4) is 0 Å². The first-order chi connectivity index (χ1) is 15.0. The second-order valence-electron chi connectivity index (χ2n) is 8.10. The number of rotatable bonds is 3. The molecule has 1 aliphatic rings. The largest absolute Gasteiger partial charge is 0.383 e. The molecule has 0 unspecified atom stereocenters. The van der Waals surface area contributed by atoms with E-state index in [4.69, 9.17) is 10.7 Å². The van der Waals surface area contributed by atoms with Crippen LogP contribution in [0.25, 0.3) is 27.9 Å². The van der Waals surface area contributed by atoms with Crippen LogP contribution in [0.2, 0.25) is 0 Å². The molecule has 0 atom stereocenters. The van der Waals surface area contributed by atoms with Crippen molar-refractivity contribution in [3.05, 3.63) is 64.9 Å². The molecule has 2 N–H and O–H groups in total. The molecule has 31 heavy (non-hydrogen) atoms. The van der Waals surface area contributed by atoms with E-state index in [-0.39, 0.29) is 0 Å². The Morgan fingerprint density at radius 2 is 1.71 bits per heavy atom. The predicted molar refractivity (Wildman–Crippen MR) is 130 cm³/mol. The zero-order valence-corrected chi connectivity index (χ0v) is 19.3. The number of piperazine rings is 1. The third-order valence-electron chi connectivity index (χ3n) is 6.00. The molecule has 7 heteroatoms. The summed E-state index contributed by atoms with van der Waals surface area (Å²) in [5, 5.41) is 4.59. The summed E-state index contributed by atoms with van der Waals surface area (Å²) in [4.78, 5) is 9.72. The normalized spacial score (nSPS) is 15.0. The van der Waals surface area contributed by atoms with Gasteiger partial charge in [0.05, 0.1) is 11.9 Å². The van der Waals surface area contributed by atoms with Crippen LogP contribution < -0.4 is 10.6 Å². The Balaban J connectivity index is 1.57.